The summed E-state index contributed by atoms with van der Waals surface area (Å²) in [6.45, 7) is 5.39. The van der Waals surface area contributed by atoms with Gasteiger partial charge in [0.1, 0.15) is 5.69 Å². The third kappa shape index (κ3) is 3.68. The molecule has 7 heteroatoms. The van der Waals surface area contributed by atoms with Crippen molar-refractivity contribution in [3.8, 4) is 0 Å². The Morgan fingerprint density at radius 1 is 1.15 bits per heavy atom. The Bertz CT molecular complexity index is 824. The molecule has 4 rings (SSSR count). The Hall–Kier alpha value is -2.44. The maximum Gasteiger partial charge on any atom is 0.272 e. The first-order valence-electron chi connectivity index (χ1n) is 10.1. The summed E-state index contributed by atoms with van der Waals surface area (Å²) >= 11 is 0. The smallest absolute Gasteiger partial charge is 0.272 e. The summed E-state index contributed by atoms with van der Waals surface area (Å²) in [7, 11) is 1.85. The maximum atomic E-state index is 13.3. The number of hydrogen-bond acceptors (Lipinski definition) is 5. The van der Waals surface area contributed by atoms with Crippen LogP contribution in [0.25, 0.3) is 0 Å². The second kappa shape index (κ2) is 7.66. The third-order valence-corrected chi connectivity index (χ3v) is 5.54. The summed E-state index contributed by atoms with van der Waals surface area (Å²) in [5.41, 5.74) is 3.78. The molecule has 0 unspecified atom stereocenters. The zero-order valence-electron chi connectivity index (χ0n) is 16.3. The number of carbonyl (C=O) groups is 1. The molecule has 0 aromatic carbocycles. The normalized spacial score (nSPS) is 16.4. The van der Waals surface area contributed by atoms with E-state index >= 15 is 0 Å². The van der Waals surface area contributed by atoms with Gasteiger partial charge in [-0.3, -0.25) is 9.48 Å². The summed E-state index contributed by atoms with van der Waals surface area (Å²) in [5, 5.41) is 4.30. The lowest BCUT2D eigenvalue weighted by Gasteiger charge is -2.24. The predicted molar refractivity (Wildman–Crippen MR) is 104 cm³/mol. The van der Waals surface area contributed by atoms with E-state index in [1.54, 1.807) is 4.90 Å². The van der Waals surface area contributed by atoms with Crippen LogP contribution in [-0.2, 0) is 25.9 Å². The van der Waals surface area contributed by atoms with Crippen molar-refractivity contribution >= 4 is 11.9 Å². The molecular formula is C20H28N6O. The molecule has 27 heavy (non-hydrogen) atoms. The van der Waals surface area contributed by atoms with Crippen molar-refractivity contribution < 1.29 is 4.79 Å². The van der Waals surface area contributed by atoms with Gasteiger partial charge in [-0.1, -0.05) is 0 Å². The molecule has 0 radical (unpaired) electrons. The molecule has 0 spiro atoms. The molecule has 3 heterocycles. The van der Waals surface area contributed by atoms with Gasteiger partial charge in [-0.15, -0.1) is 0 Å². The van der Waals surface area contributed by atoms with E-state index in [1.807, 2.05) is 24.1 Å². The van der Waals surface area contributed by atoms with Gasteiger partial charge in [-0.2, -0.15) is 5.10 Å². The number of aromatic nitrogens is 4. The summed E-state index contributed by atoms with van der Waals surface area (Å²) in [6.07, 6.45) is 10.3. The van der Waals surface area contributed by atoms with E-state index in [9.17, 15) is 4.79 Å². The van der Waals surface area contributed by atoms with Crippen molar-refractivity contribution in [2.24, 2.45) is 0 Å². The minimum Gasteiger partial charge on any atom is -0.341 e. The monoisotopic (exact) mass is 368 g/mol. The molecular weight excluding hydrogens is 340 g/mol. The molecule has 144 valence electrons. The van der Waals surface area contributed by atoms with E-state index in [2.05, 4.69) is 16.9 Å². The highest BCUT2D eigenvalue weighted by molar-refractivity contribution is 5.94. The maximum absolute atomic E-state index is 13.3. The van der Waals surface area contributed by atoms with Crippen molar-refractivity contribution in [1.29, 1.82) is 0 Å². The first kappa shape index (κ1) is 17.9. The molecule has 1 saturated heterocycles. The number of aryl methyl sites for hydroxylation is 2. The van der Waals surface area contributed by atoms with Crippen LogP contribution in [0.2, 0.25) is 0 Å². The Morgan fingerprint density at radius 3 is 2.67 bits per heavy atom. The fraction of sp³-hybridized carbons (Fsp3) is 0.600. The molecule has 0 N–H and O–H groups in total. The van der Waals surface area contributed by atoms with Crippen LogP contribution in [0.3, 0.4) is 0 Å². The van der Waals surface area contributed by atoms with Gasteiger partial charge in [0.05, 0.1) is 6.20 Å². The topological polar surface area (TPSA) is 67.2 Å². The number of fused-ring (bicyclic) bond motifs is 1. The quantitative estimate of drug-likeness (QED) is 0.811. The number of rotatable bonds is 5. The molecule has 2 aromatic rings. The first-order valence-corrected chi connectivity index (χ1v) is 10.1. The van der Waals surface area contributed by atoms with Gasteiger partial charge in [0.15, 0.2) is 0 Å². The molecule has 1 aliphatic carbocycles. The summed E-state index contributed by atoms with van der Waals surface area (Å²) in [5.74, 6) is 0.726. The van der Waals surface area contributed by atoms with Crippen LogP contribution in [0.1, 0.15) is 59.9 Å². The highest BCUT2D eigenvalue weighted by Gasteiger charge is 2.26. The van der Waals surface area contributed by atoms with Crippen LogP contribution in [-0.4, -0.2) is 50.7 Å². The van der Waals surface area contributed by atoms with Crippen LogP contribution >= 0.6 is 0 Å². The molecule has 1 fully saturated rings. The number of amides is 1. The van der Waals surface area contributed by atoms with Gasteiger partial charge in [-0.25, -0.2) is 9.97 Å². The highest BCUT2D eigenvalue weighted by atomic mass is 16.2. The SMILES string of the molecule is CCn1cc(CN(C)C(=O)c2nc(N3CCCC3)nc3c2CCCC3)cn1. The molecule has 1 amide bonds. The largest absolute Gasteiger partial charge is 0.341 e. The van der Waals surface area contributed by atoms with Crippen molar-refractivity contribution in [3.05, 3.63) is 34.9 Å². The van der Waals surface area contributed by atoms with E-state index in [0.717, 1.165) is 68.1 Å². The molecule has 0 atom stereocenters. The second-order valence-electron chi connectivity index (χ2n) is 7.56. The fourth-order valence-electron chi connectivity index (χ4n) is 4.00. The fourth-order valence-corrected chi connectivity index (χ4v) is 4.00. The van der Waals surface area contributed by atoms with Gasteiger partial charge >= 0.3 is 0 Å². The summed E-state index contributed by atoms with van der Waals surface area (Å²) in [4.78, 5) is 26.8. The van der Waals surface area contributed by atoms with Crippen molar-refractivity contribution in [2.75, 3.05) is 25.0 Å². The molecule has 7 nitrogen and oxygen atoms in total. The number of nitrogens with zero attached hydrogens (tertiary/aromatic N) is 6. The Balaban J connectivity index is 1.61. The van der Waals surface area contributed by atoms with Crippen LogP contribution in [0.15, 0.2) is 12.4 Å². The predicted octanol–water partition coefficient (Wildman–Crippen LogP) is 2.44. The molecule has 2 aromatic heterocycles. The van der Waals surface area contributed by atoms with Crippen molar-refractivity contribution in [3.63, 3.8) is 0 Å². The minimum absolute atomic E-state index is 0.0137. The van der Waals surface area contributed by atoms with Gasteiger partial charge in [0, 0.05) is 56.2 Å². The molecule has 0 saturated carbocycles. The Kier molecular flexibility index (Phi) is 5.09. The second-order valence-corrected chi connectivity index (χ2v) is 7.56. The van der Waals surface area contributed by atoms with Crippen molar-refractivity contribution in [2.45, 2.75) is 58.5 Å². The van der Waals surface area contributed by atoms with Crippen molar-refractivity contribution in [1.82, 2.24) is 24.6 Å². The van der Waals surface area contributed by atoms with Crippen LogP contribution < -0.4 is 4.90 Å². The lowest BCUT2D eigenvalue weighted by Crippen LogP contribution is -2.31. The zero-order valence-corrected chi connectivity index (χ0v) is 16.3. The first-order chi connectivity index (χ1) is 13.2. The van der Waals surface area contributed by atoms with Crippen LogP contribution in [0.4, 0.5) is 5.95 Å². The number of anilines is 1. The standard InChI is InChI=1S/C20H28N6O/c1-3-26-14-15(12-21-26)13-24(2)19(27)18-16-8-4-5-9-17(16)22-20(23-18)25-10-6-7-11-25/h12,14H,3-11,13H2,1-2H3. The van der Waals surface area contributed by atoms with Gasteiger partial charge in [0.2, 0.25) is 5.95 Å². The Morgan fingerprint density at radius 2 is 1.93 bits per heavy atom. The van der Waals surface area contributed by atoms with E-state index in [-0.39, 0.29) is 5.91 Å². The third-order valence-electron chi connectivity index (χ3n) is 5.54. The van der Waals surface area contributed by atoms with Gasteiger partial charge in [-0.05, 0) is 45.4 Å². The van der Waals surface area contributed by atoms with Crippen LogP contribution in [0.5, 0.6) is 0 Å². The van der Waals surface area contributed by atoms with E-state index in [0.29, 0.717) is 12.2 Å². The summed E-state index contributed by atoms with van der Waals surface area (Å²) in [6, 6.07) is 0. The molecule has 1 aliphatic heterocycles. The van der Waals surface area contributed by atoms with Gasteiger partial charge < -0.3 is 9.80 Å². The van der Waals surface area contributed by atoms with E-state index < -0.39 is 0 Å². The van der Waals surface area contributed by atoms with Gasteiger partial charge in [0.25, 0.3) is 5.91 Å². The Labute approximate surface area is 160 Å². The lowest BCUT2D eigenvalue weighted by molar-refractivity contribution is 0.0777. The minimum atomic E-state index is -0.0137. The average molecular weight is 368 g/mol. The highest BCUT2D eigenvalue weighted by Crippen LogP contribution is 2.27. The summed E-state index contributed by atoms with van der Waals surface area (Å²) < 4.78 is 1.88. The lowest BCUT2D eigenvalue weighted by atomic mass is 9.94. The molecule has 2 aliphatic rings. The van der Waals surface area contributed by atoms with E-state index in [1.165, 1.54) is 12.8 Å². The zero-order chi connectivity index (χ0) is 18.8. The molecule has 0 bridgehead atoms. The number of carbonyl (C=O) groups excluding carboxylic acids is 1. The average Bonchev–Trinajstić information content (AvgIpc) is 3.38. The van der Waals surface area contributed by atoms with E-state index in [4.69, 9.17) is 9.97 Å². The number of hydrogen-bond donors (Lipinski definition) is 0. The van der Waals surface area contributed by atoms with Crippen LogP contribution in [0, 0.1) is 0 Å².